The summed E-state index contributed by atoms with van der Waals surface area (Å²) >= 11 is 0. The molecule has 0 atom stereocenters. The van der Waals surface area contributed by atoms with Crippen molar-refractivity contribution in [3.05, 3.63) is 25.5 Å². The van der Waals surface area contributed by atoms with Crippen LogP contribution in [-0.4, -0.2) is 26.2 Å². The Hall–Kier alpha value is 0.790. The van der Waals surface area contributed by atoms with Crippen LogP contribution in [0.3, 0.4) is 0 Å². The predicted molar refractivity (Wildman–Crippen MR) is 61.7 cm³/mol. The van der Waals surface area contributed by atoms with Crippen LogP contribution in [-0.2, 0) is 25.8 Å². The van der Waals surface area contributed by atoms with Gasteiger partial charge in [0.15, 0.2) is 0 Å². The Morgan fingerprint density at radius 1 is 0.615 bits per heavy atom. The minimum absolute atomic E-state index is 0. The first-order valence-electron chi connectivity index (χ1n) is 4.09. The minimum atomic E-state index is 0. The largest absolute Gasteiger partial charge is 4.00 e. The van der Waals surface area contributed by atoms with E-state index in [0.29, 0.717) is 0 Å². The van der Waals surface area contributed by atoms with Crippen LogP contribution >= 0.6 is 0 Å². The summed E-state index contributed by atoms with van der Waals surface area (Å²) in [4.78, 5) is 0. The van der Waals surface area contributed by atoms with Crippen LogP contribution in [0.2, 0.25) is 0 Å². The maximum absolute atomic E-state index is 3.97. The van der Waals surface area contributed by atoms with Gasteiger partial charge in [-0.2, -0.15) is 26.2 Å². The average Bonchev–Trinajstić information content (AvgIpc) is 1.93. The summed E-state index contributed by atoms with van der Waals surface area (Å²) in [5.41, 5.74) is 0. The molecule has 0 rings (SSSR count). The summed E-state index contributed by atoms with van der Waals surface area (Å²) < 4.78 is 0. The van der Waals surface area contributed by atoms with Crippen molar-refractivity contribution in [2.45, 2.75) is 27.7 Å². The van der Waals surface area contributed by atoms with Gasteiger partial charge in [0.2, 0.25) is 0 Å². The van der Waals surface area contributed by atoms with E-state index in [-0.39, 0.29) is 40.7 Å². The molecule has 0 N–H and O–H groups in total. The van der Waals surface area contributed by atoms with Crippen molar-refractivity contribution in [3.8, 4) is 0 Å². The Labute approximate surface area is 105 Å². The first kappa shape index (κ1) is 29.2. The molecule has 0 heterocycles. The Balaban J connectivity index is -0.0000000267. The summed E-state index contributed by atoms with van der Waals surface area (Å²) in [6, 6.07) is 0. The normalized spacial score (nSPS) is 6.46. The summed E-state index contributed by atoms with van der Waals surface area (Å²) in [5.74, 6) is 0. The van der Waals surface area contributed by atoms with Crippen LogP contribution in [0, 0.1) is 14.9 Å². The summed E-state index contributed by atoms with van der Waals surface area (Å²) in [6.45, 7) is 12.1. The van der Waals surface area contributed by atoms with E-state index in [4.69, 9.17) is 0 Å². The van der Waals surface area contributed by atoms with Crippen LogP contribution in [0.25, 0.3) is 10.6 Å². The van der Waals surface area contributed by atoms with E-state index in [1.54, 1.807) is 0 Å². The second kappa shape index (κ2) is 38.6. The van der Waals surface area contributed by atoms with Crippen LogP contribution in [0.1, 0.15) is 27.7 Å². The van der Waals surface area contributed by atoms with Crippen molar-refractivity contribution in [1.29, 1.82) is 0 Å². The predicted octanol–water partition coefficient (Wildman–Crippen LogP) is 3.70. The third kappa shape index (κ3) is 64.9. The summed E-state index contributed by atoms with van der Waals surface area (Å²) in [6.07, 6.45) is 0. The Morgan fingerprint density at radius 3 is 0.769 bits per heavy atom. The zero-order chi connectivity index (χ0) is 8.24. The molecular formula is C10H26HfN2. The zero-order valence-corrected chi connectivity index (χ0v) is 13.8. The van der Waals surface area contributed by atoms with Gasteiger partial charge in [0.25, 0.3) is 0 Å². The molecule has 0 saturated heterocycles. The molecule has 0 aromatic carbocycles. The van der Waals surface area contributed by atoms with Gasteiger partial charge in [-0.1, -0.05) is 27.7 Å². The fraction of sp³-hybridized carbons (Fsp3) is 0.800. The Bertz CT molecular complexity index is 33.9. The van der Waals surface area contributed by atoms with E-state index in [0.717, 1.165) is 26.2 Å². The fourth-order valence-corrected chi connectivity index (χ4v) is 0.447. The molecule has 0 amide bonds. The maximum Gasteiger partial charge on any atom is 4.00 e. The van der Waals surface area contributed by atoms with Gasteiger partial charge in [-0.3, -0.25) is 0 Å². The number of hydrogen-bond donors (Lipinski definition) is 0. The van der Waals surface area contributed by atoms with Gasteiger partial charge < -0.3 is 25.5 Å². The first-order chi connectivity index (χ1) is 4.83. The molecule has 0 radical (unpaired) electrons. The molecule has 0 aromatic heterocycles. The third-order valence-electron chi connectivity index (χ3n) is 0.894. The van der Waals surface area contributed by atoms with E-state index in [2.05, 4.69) is 10.6 Å². The molecule has 0 unspecified atom stereocenters. The van der Waals surface area contributed by atoms with Crippen molar-refractivity contribution in [3.63, 3.8) is 0 Å². The first-order valence-corrected chi connectivity index (χ1v) is 4.09. The molecule has 2 nitrogen and oxygen atoms in total. The molecule has 0 saturated carbocycles. The van der Waals surface area contributed by atoms with Crippen LogP contribution in [0.5, 0.6) is 0 Å². The topological polar surface area (TPSA) is 28.2 Å². The second-order valence-corrected chi connectivity index (χ2v) is 1.71. The fourth-order valence-electron chi connectivity index (χ4n) is 0.447. The maximum atomic E-state index is 3.97. The smallest absolute Gasteiger partial charge is 0.663 e. The van der Waals surface area contributed by atoms with E-state index in [1.807, 2.05) is 27.7 Å². The van der Waals surface area contributed by atoms with E-state index in [9.17, 15) is 0 Å². The molecule has 0 bridgehead atoms. The van der Waals surface area contributed by atoms with E-state index in [1.165, 1.54) is 0 Å². The molecule has 3 heteroatoms. The molecule has 0 aliphatic heterocycles. The van der Waals surface area contributed by atoms with Crippen molar-refractivity contribution < 1.29 is 25.8 Å². The van der Waals surface area contributed by atoms with Crippen molar-refractivity contribution >= 4 is 0 Å². The monoisotopic (exact) mass is 354 g/mol. The molecule has 0 aliphatic rings. The molecular weight excluding hydrogens is 327 g/mol. The summed E-state index contributed by atoms with van der Waals surface area (Å²) in [7, 11) is 0. The SMILES string of the molecule is CC[N-]CC.CC[N-]CC.[CH3-].[CH3-].[Hf+4]. The molecule has 80 valence electrons. The molecule has 0 spiro atoms. The van der Waals surface area contributed by atoms with Gasteiger partial charge >= 0.3 is 25.8 Å². The zero-order valence-electron chi connectivity index (χ0n) is 10.2. The molecule has 0 fully saturated rings. The number of nitrogens with zero attached hydrogens (tertiary/aromatic N) is 2. The van der Waals surface area contributed by atoms with Crippen molar-refractivity contribution in [1.82, 2.24) is 0 Å². The van der Waals surface area contributed by atoms with Crippen LogP contribution in [0.15, 0.2) is 0 Å². The van der Waals surface area contributed by atoms with Gasteiger partial charge in [-0.05, 0) is 0 Å². The minimum Gasteiger partial charge on any atom is -0.663 e. The third-order valence-corrected chi connectivity index (χ3v) is 0.894. The van der Waals surface area contributed by atoms with Gasteiger partial charge in [0.1, 0.15) is 0 Å². The number of hydrogen-bond acceptors (Lipinski definition) is 0. The van der Waals surface area contributed by atoms with Gasteiger partial charge in [-0.15, -0.1) is 0 Å². The second-order valence-electron chi connectivity index (χ2n) is 1.71. The van der Waals surface area contributed by atoms with Crippen molar-refractivity contribution in [2.75, 3.05) is 26.2 Å². The average molecular weight is 353 g/mol. The van der Waals surface area contributed by atoms with Crippen LogP contribution < -0.4 is 0 Å². The molecule has 13 heavy (non-hydrogen) atoms. The molecule has 0 aliphatic carbocycles. The van der Waals surface area contributed by atoms with Gasteiger partial charge in [0.05, 0.1) is 0 Å². The Kier molecular flexibility index (Phi) is 86.6. The standard InChI is InChI=1S/2C4H10N.2CH3.Hf/c2*1-3-5-4-2;;;/h2*3-4H2,1-2H3;2*1H3;/q4*-1;+4. The van der Waals surface area contributed by atoms with Crippen LogP contribution in [0.4, 0.5) is 0 Å². The van der Waals surface area contributed by atoms with Crippen molar-refractivity contribution in [2.24, 2.45) is 0 Å². The quantitative estimate of drug-likeness (QED) is 0.545. The number of rotatable bonds is 4. The van der Waals surface area contributed by atoms with Gasteiger partial charge in [0, 0.05) is 0 Å². The van der Waals surface area contributed by atoms with E-state index < -0.39 is 0 Å². The molecule has 0 aromatic rings. The Morgan fingerprint density at radius 2 is 0.769 bits per heavy atom. The van der Waals surface area contributed by atoms with Gasteiger partial charge in [-0.25, -0.2) is 0 Å². The summed E-state index contributed by atoms with van der Waals surface area (Å²) in [5, 5.41) is 7.94. The van der Waals surface area contributed by atoms with E-state index >= 15 is 0 Å².